The molecule has 1 amide bonds. The van der Waals surface area contributed by atoms with E-state index in [0.717, 1.165) is 5.56 Å². The van der Waals surface area contributed by atoms with Gasteiger partial charge in [-0.05, 0) is 26.8 Å². The lowest BCUT2D eigenvalue weighted by Gasteiger charge is -2.26. The smallest absolute Gasteiger partial charge is 0.325 e. The second kappa shape index (κ2) is 8.21. The second-order valence-corrected chi connectivity index (χ2v) is 6.72. The summed E-state index contributed by atoms with van der Waals surface area (Å²) in [5, 5.41) is 5.03. The quantitative estimate of drug-likeness (QED) is 0.614. The van der Waals surface area contributed by atoms with Gasteiger partial charge in [0.25, 0.3) is 5.91 Å². The minimum absolute atomic E-state index is 0.112. The maximum atomic E-state index is 13.4. The monoisotopic (exact) mass is 380 g/mol. The lowest BCUT2D eigenvalue weighted by molar-refractivity contribution is -0.141. The van der Waals surface area contributed by atoms with Crippen LogP contribution in [-0.4, -0.2) is 51.2 Å². The third-order valence-electron chi connectivity index (χ3n) is 4.62. The van der Waals surface area contributed by atoms with Crippen molar-refractivity contribution in [1.29, 1.82) is 0 Å². The second-order valence-electron chi connectivity index (χ2n) is 6.72. The molecule has 3 aromatic rings. The van der Waals surface area contributed by atoms with Gasteiger partial charge in [-0.1, -0.05) is 30.3 Å². The maximum absolute atomic E-state index is 13.4. The number of rotatable bonds is 6. The van der Waals surface area contributed by atoms with Crippen molar-refractivity contribution in [2.24, 2.45) is 0 Å². The fourth-order valence-corrected chi connectivity index (χ4v) is 3.06. The van der Waals surface area contributed by atoms with Crippen LogP contribution in [0.4, 0.5) is 0 Å². The Morgan fingerprint density at radius 3 is 2.54 bits per heavy atom. The first-order chi connectivity index (χ1) is 13.5. The zero-order valence-corrected chi connectivity index (χ0v) is 16.5. The Morgan fingerprint density at radius 1 is 1.21 bits per heavy atom. The molecular formula is C21H24N4O3. The van der Waals surface area contributed by atoms with E-state index in [-0.39, 0.29) is 18.5 Å². The van der Waals surface area contributed by atoms with Crippen LogP contribution in [0.3, 0.4) is 0 Å². The Balaban J connectivity index is 2.16. The SMILES string of the molecule is CCn1ncc2c(C(=O)N(CC(=O)OC)C(C)C)cc(-c3ccccc3)nc21. The summed E-state index contributed by atoms with van der Waals surface area (Å²) in [6.07, 6.45) is 1.66. The van der Waals surface area contributed by atoms with Crippen molar-refractivity contribution in [2.75, 3.05) is 13.7 Å². The zero-order chi connectivity index (χ0) is 20.3. The first kappa shape index (κ1) is 19.5. The predicted octanol–water partition coefficient (Wildman–Crippen LogP) is 3.14. The number of ether oxygens (including phenoxy) is 1. The Labute approximate surface area is 163 Å². The van der Waals surface area contributed by atoms with E-state index < -0.39 is 5.97 Å². The Kier molecular flexibility index (Phi) is 5.73. The number of hydrogen-bond acceptors (Lipinski definition) is 5. The number of esters is 1. The van der Waals surface area contributed by atoms with Gasteiger partial charge in [0.05, 0.1) is 30.0 Å². The highest BCUT2D eigenvalue weighted by Gasteiger charge is 2.25. The van der Waals surface area contributed by atoms with E-state index in [0.29, 0.717) is 28.8 Å². The molecule has 0 fully saturated rings. The molecule has 28 heavy (non-hydrogen) atoms. The predicted molar refractivity (Wildman–Crippen MR) is 107 cm³/mol. The summed E-state index contributed by atoms with van der Waals surface area (Å²) in [4.78, 5) is 31.4. The molecule has 7 nitrogen and oxygen atoms in total. The molecule has 0 N–H and O–H groups in total. The van der Waals surface area contributed by atoms with Crippen molar-refractivity contribution < 1.29 is 14.3 Å². The molecule has 7 heteroatoms. The summed E-state index contributed by atoms with van der Waals surface area (Å²) in [5.41, 5.74) is 2.72. The fraction of sp³-hybridized carbons (Fsp3) is 0.333. The maximum Gasteiger partial charge on any atom is 0.325 e. The number of aromatic nitrogens is 3. The van der Waals surface area contributed by atoms with Crippen LogP contribution in [-0.2, 0) is 16.1 Å². The number of fused-ring (bicyclic) bond motifs is 1. The normalized spacial score (nSPS) is 11.0. The van der Waals surface area contributed by atoms with E-state index in [1.165, 1.54) is 12.0 Å². The number of amides is 1. The Morgan fingerprint density at radius 2 is 1.93 bits per heavy atom. The first-order valence-electron chi connectivity index (χ1n) is 9.26. The van der Waals surface area contributed by atoms with E-state index in [9.17, 15) is 9.59 Å². The third kappa shape index (κ3) is 3.74. The number of benzene rings is 1. The van der Waals surface area contributed by atoms with Crippen LogP contribution >= 0.6 is 0 Å². The highest BCUT2D eigenvalue weighted by atomic mass is 16.5. The summed E-state index contributed by atoms with van der Waals surface area (Å²) in [7, 11) is 1.31. The molecule has 2 aromatic heterocycles. The molecule has 0 radical (unpaired) electrons. The number of carbonyl (C=O) groups is 2. The van der Waals surface area contributed by atoms with Gasteiger partial charge in [-0.25, -0.2) is 9.67 Å². The number of methoxy groups -OCH3 is 1. The number of nitrogens with zero attached hydrogens (tertiary/aromatic N) is 4. The van der Waals surface area contributed by atoms with Crippen molar-refractivity contribution in [1.82, 2.24) is 19.7 Å². The highest BCUT2D eigenvalue weighted by Crippen LogP contribution is 2.26. The van der Waals surface area contributed by atoms with Gasteiger partial charge in [0.1, 0.15) is 6.54 Å². The fourth-order valence-electron chi connectivity index (χ4n) is 3.06. The molecule has 0 saturated carbocycles. The van der Waals surface area contributed by atoms with Gasteiger partial charge < -0.3 is 9.64 Å². The molecule has 0 unspecified atom stereocenters. The molecule has 2 heterocycles. The average Bonchev–Trinajstić information content (AvgIpc) is 3.14. The molecule has 0 spiro atoms. The van der Waals surface area contributed by atoms with Crippen molar-refractivity contribution in [3.05, 3.63) is 48.2 Å². The van der Waals surface area contributed by atoms with Gasteiger partial charge in [0.15, 0.2) is 5.65 Å². The summed E-state index contributed by atoms with van der Waals surface area (Å²) >= 11 is 0. The first-order valence-corrected chi connectivity index (χ1v) is 9.26. The zero-order valence-electron chi connectivity index (χ0n) is 16.5. The topological polar surface area (TPSA) is 77.3 Å². The van der Waals surface area contributed by atoms with E-state index in [4.69, 9.17) is 9.72 Å². The van der Waals surface area contributed by atoms with Gasteiger partial charge in [0.2, 0.25) is 0 Å². The lowest BCUT2D eigenvalue weighted by Crippen LogP contribution is -2.41. The van der Waals surface area contributed by atoms with Crippen LogP contribution in [0.5, 0.6) is 0 Å². The van der Waals surface area contributed by atoms with Crippen LogP contribution in [0.2, 0.25) is 0 Å². The van der Waals surface area contributed by atoms with Gasteiger partial charge in [0, 0.05) is 18.2 Å². The van der Waals surface area contributed by atoms with Crippen molar-refractivity contribution in [2.45, 2.75) is 33.4 Å². The molecule has 0 aliphatic heterocycles. The minimum Gasteiger partial charge on any atom is -0.468 e. The van der Waals surface area contributed by atoms with Gasteiger partial charge in [-0.3, -0.25) is 9.59 Å². The molecule has 146 valence electrons. The molecule has 0 aliphatic carbocycles. The van der Waals surface area contributed by atoms with Gasteiger partial charge in [-0.15, -0.1) is 0 Å². The van der Waals surface area contributed by atoms with Crippen molar-refractivity contribution in [3.63, 3.8) is 0 Å². The highest BCUT2D eigenvalue weighted by molar-refractivity contribution is 6.07. The molecule has 0 bridgehead atoms. The lowest BCUT2D eigenvalue weighted by atomic mass is 10.1. The summed E-state index contributed by atoms with van der Waals surface area (Å²) in [5.74, 6) is -0.708. The van der Waals surface area contributed by atoms with Crippen LogP contribution in [0, 0.1) is 0 Å². The number of aryl methyl sites for hydroxylation is 1. The standard InChI is InChI=1S/C21H24N4O3/c1-5-25-20-17(12-22-25)16(11-18(23-20)15-9-7-6-8-10-15)21(27)24(14(2)3)13-19(26)28-4/h6-12,14H,5,13H2,1-4H3. The summed E-state index contributed by atoms with van der Waals surface area (Å²) in [6, 6.07) is 11.3. The molecule has 3 rings (SSSR count). The minimum atomic E-state index is -0.458. The van der Waals surface area contributed by atoms with E-state index in [1.54, 1.807) is 16.9 Å². The number of pyridine rings is 1. The van der Waals surface area contributed by atoms with E-state index >= 15 is 0 Å². The van der Waals surface area contributed by atoms with E-state index in [1.807, 2.05) is 51.1 Å². The Bertz CT molecular complexity index is 996. The summed E-state index contributed by atoms with van der Waals surface area (Å²) < 4.78 is 6.52. The van der Waals surface area contributed by atoms with E-state index in [2.05, 4.69) is 5.10 Å². The van der Waals surface area contributed by atoms with Crippen LogP contribution in [0.1, 0.15) is 31.1 Å². The van der Waals surface area contributed by atoms with Gasteiger partial charge >= 0.3 is 5.97 Å². The molecule has 0 aliphatic rings. The Hall–Kier alpha value is -3.22. The van der Waals surface area contributed by atoms with Crippen molar-refractivity contribution >= 4 is 22.9 Å². The largest absolute Gasteiger partial charge is 0.468 e. The van der Waals surface area contributed by atoms with Crippen LogP contribution in [0.15, 0.2) is 42.6 Å². The number of carbonyl (C=O) groups excluding carboxylic acids is 2. The van der Waals surface area contributed by atoms with Crippen LogP contribution in [0.25, 0.3) is 22.3 Å². The average molecular weight is 380 g/mol. The molecule has 0 saturated heterocycles. The third-order valence-corrected chi connectivity index (χ3v) is 4.62. The number of hydrogen-bond donors (Lipinski definition) is 0. The van der Waals surface area contributed by atoms with Crippen molar-refractivity contribution in [3.8, 4) is 11.3 Å². The summed E-state index contributed by atoms with van der Waals surface area (Å²) in [6.45, 7) is 6.24. The molecule has 1 aromatic carbocycles. The molecular weight excluding hydrogens is 356 g/mol. The van der Waals surface area contributed by atoms with Crippen LogP contribution < -0.4 is 0 Å². The van der Waals surface area contributed by atoms with Gasteiger partial charge in [-0.2, -0.15) is 5.10 Å². The molecule has 0 atom stereocenters.